The SMILES string of the molecule is Cc1c(C(F)(F)F)cc2c(=O)nc(N3CCN(c4nc(C5CCC5)no4)CC3)sc2c1[N+](=O)[O-]. The zero-order valence-electron chi connectivity index (χ0n) is 18.0. The summed E-state index contributed by atoms with van der Waals surface area (Å²) >= 11 is 0.848. The maximum absolute atomic E-state index is 13.4. The van der Waals surface area contributed by atoms with Crippen molar-refractivity contribution >= 4 is 38.3 Å². The Morgan fingerprint density at radius 1 is 1.18 bits per heavy atom. The Morgan fingerprint density at radius 2 is 1.85 bits per heavy atom. The van der Waals surface area contributed by atoms with Gasteiger partial charge in [-0.25, -0.2) is 0 Å². The molecule has 2 fully saturated rings. The summed E-state index contributed by atoms with van der Waals surface area (Å²) < 4.78 is 45.5. The molecule has 180 valence electrons. The van der Waals surface area contributed by atoms with Gasteiger partial charge in [-0.15, -0.1) is 0 Å². The first-order chi connectivity index (χ1) is 16.1. The van der Waals surface area contributed by atoms with Crippen LogP contribution in [0.25, 0.3) is 10.1 Å². The Morgan fingerprint density at radius 3 is 2.44 bits per heavy atom. The van der Waals surface area contributed by atoms with Crippen molar-refractivity contribution in [2.45, 2.75) is 38.3 Å². The maximum Gasteiger partial charge on any atom is 0.416 e. The third-order valence-corrected chi connectivity index (χ3v) is 7.49. The van der Waals surface area contributed by atoms with Crippen LogP contribution >= 0.6 is 11.3 Å². The third-order valence-electron chi connectivity index (χ3n) is 6.34. The second kappa shape index (κ2) is 8.18. The van der Waals surface area contributed by atoms with Crippen LogP contribution in [0.15, 0.2) is 15.4 Å². The first-order valence-corrected chi connectivity index (χ1v) is 11.5. The number of anilines is 2. The summed E-state index contributed by atoms with van der Waals surface area (Å²) in [5.74, 6) is 1.05. The van der Waals surface area contributed by atoms with Gasteiger partial charge in [0.25, 0.3) is 11.2 Å². The van der Waals surface area contributed by atoms with Crippen molar-refractivity contribution in [2.24, 2.45) is 0 Å². The highest BCUT2D eigenvalue weighted by Crippen LogP contribution is 2.42. The lowest BCUT2D eigenvalue weighted by Crippen LogP contribution is -2.47. The van der Waals surface area contributed by atoms with Gasteiger partial charge >= 0.3 is 12.2 Å². The van der Waals surface area contributed by atoms with E-state index in [2.05, 4.69) is 15.1 Å². The zero-order valence-corrected chi connectivity index (χ0v) is 18.8. The van der Waals surface area contributed by atoms with Gasteiger partial charge in [0.05, 0.1) is 15.9 Å². The minimum atomic E-state index is -4.83. The quantitative estimate of drug-likeness (QED) is 0.392. The van der Waals surface area contributed by atoms with E-state index in [9.17, 15) is 28.1 Å². The van der Waals surface area contributed by atoms with Crippen LogP contribution in [0, 0.1) is 17.0 Å². The molecular weight excluding hydrogens is 477 g/mol. The molecule has 3 aromatic rings. The molecule has 1 aromatic carbocycles. The molecule has 10 nitrogen and oxygen atoms in total. The van der Waals surface area contributed by atoms with Crippen molar-refractivity contribution in [2.75, 3.05) is 36.0 Å². The van der Waals surface area contributed by atoms with E-state index >= 15 is 0 Å². The fraction of sp³-hybridized carbons (Fsp3) is 0.500. The Bertz CT molecular complexity index is 1330. The predicted molar refractivity (Wildman–Crippen MR) is 118 cm³/mol. The fourth-order valence-corrected chi connectivity index (χ4v) is 5.40. The maximum atomic E-state index is 13.4. The van der Waals surface area contributed by atoms with Crippen LogP contribution < -0.4 is 15.4 Å². The molecule has 3 heterocycles. The number of nitro benzene ring substituents is 1. The molecule has 1 saturated carbocycles. The Kier molecular flexibility index (Phi) is 5.41. The summed E-state index contributed by atoms with van der Waals surface area (Å²) in [5, 5.41) is 15.5. The van der Waals surface area contributed by atoms with Crippen LogP contribution in [0.4, 0.5) is 30.0 Å². The van der Waals surface area contributed by atoms with Crippen molar-refractivity contribution in [3.8, 4) is 0 Å². The van der Waals surface area contributed by atoms with Crippen molar-refractivity contribution in [3.05, 3.63) is 43.5 Å². The van der Waals surface area contributed by atoms with Gasteiger partial charge in [0, 0.05) is 37.7 Å². The van der Waals surface area contributed by atoms with Crippen LogP contribution in [-0.2, 0) is 6.18 Å². The van der Waals surface area contributed by atoms with Crippen LogP contribution in [0.5, 0.6) is 0 Å². The number of hydrogen-bond acceptors (Lipinski definition) is 10. The van der Waals surface area contributed by atoms with Gasteiger partial charge in [-0.1, -0.05) is 22.9 Å². The molecular formula is C20H19F3N6O4S. The van der Waals surface area contributed by atoms with Gasteiger partial charge in [0.1, 0.15) is 4.70 Å². The number of halogens is 3. The number of aromatic nitrogens is 3. The zero-order chi connectivity index (χ0) is 24.2. The van der Waals surface area contributed by atoms with Crippen molar-refractivity contribution < 1.29 is 22.6 Å². The number of nitrogens with zero attached hydrogens (tertiary/aromatic N) is 6. The van der Waals surface area contributed by atoms with Crippen LogP contribution in [0.1, 0.15) is 42.1 Å². The number of piperazine rings is 1. The molecule has 2 aliphatic rings. The molecule has 0 spiro atoms. The van der Waals surface area contributed by atoms with Gasteiger partial charge in [-0.05, 0) is 25.8 Å². The van der Waals surface area contributed by atoms with Crippen LogP contribution in [-0.4, -0.2) is 46.2 Å². The standard InChI is InChI=1S/C20H19F3N6O4S/c1-10-13(20(21,22)23)9-12-15(14(10)29(31)32)34-19(25-17(12)30)28-7-5-27(6-8-28)18-24-16(26-33-18)11-3-2-4-11/h9,11H,2-8H2,1H3. The number of hydrogen-bond donors (Lipinski definition) is 0. The summed E-state index contributed by atoms with van der Waals surface area (Å²) in [7, 11) is 0. The molecule has 0 atom stereocenters. The smallest absolute Gasteiger partial charge is 0.344 e. The van der Waals surface area contributed by atoms with E-state index in [4.69, 9.17) is 4.52 Å². The lowest BCUT2D eigenvalue weighted by atomic mass is 9.85. The third kappa shape index (κ3) is 3.85. The van der Waals surface area contributed by atoms with Gasteiger partial charge in [-0.3, -0.25) is 14.9 Å². The molecule has 0 radical (unpaired) electrons. The Balaban J connectivity index is 1.43. The fourth-order valence-electron chi connectivity index (χ4n) is 4.19. The van der Waals surface area contributed by atoms with Crippen molar-refractivity contribution in [1.82, 2.24) is 15.1 Å². The molecule has 0 unspecified atom stereocenters. The normalized spacial score (nSPS) is 17.3. The minimum absolute atomic E-state index is 0.116. The molecule has 34 heavy (non-hydrogen) atoms. The summed E-state index contributed by atoms with van der Waals surface area (Å²) in [5.41, 5.74) is -3.38. The largest absolute Gasteiger partial charge is 0.416 e. The highest BCUT2D eigenvalue weighted by atomic mass is 32.1. The van der Waals surface area contributed by atoms with Gasteiger partial charge in [0.2, 0.25) is 0 Å². The molecule has 0 N–H and O–H groups in total. The highest BCUT2D eigenvalue weighted by molar-refractivity contribution is 7.22. The number of alkyl halides is 3. The topological polar surface area (TPSA) is 119 Å². The molecule has 0 bridgehead atoms. The number of fused-ring (bicyclic) bond motifs is 1. The van der Waals surface area contributed by atoms with Crippen molar-refractivity contribution in [1.29, 1.82) is 0 Å². The lowest BCUT2D eigenvalue weighted by molar-refractivity contribution is -0.383. The first kappa shape index (κ1) is 22.5. The van der Waals surface area contributed by atoms with E-state index in [0.29, 0.717) is 50.0 Å². The van der Waals surface area contributed by atoms with E-state index in [-0.39, 0.29) is 9.83 Å². The molecule has 1 saturated heterocycles. The van der Waals surface area contributed by atoms with E-state index < -0.39 is 38.9 Å². The second-order valence-electron chi connectivity index (χ2n) is 8.37. The lowest BCUT2D eigenvalue weighted by Gasteiger charge is -2.33. The number of nitro groups is 1. The minimum Gasteiger partial charge on any atom is -0.344 e. The van der Waals surface area contributed by atoms with Crippen molar-refractivity contribution in [3.63, 3.8) is 0 Å². The van der Waals surface area contributed by atoms with E-state index in [1.807, 2.05) is 4.90 Å². The summed E-state index contributed by atoms with van der Waals surface area (Å²) in [6, 6.07) is 1.08. The predicted octanol–water partition coefficient (Wildman–Crippen LogP) is 3.87. The summed E-state index contributed by atoms with van der Waals surface area (Å²) in [6.45, 7) is 2.85. The van der Waals surface area contributed by atoms with E-state index in [0.717, 1.165) is 37.5 Å². The molecule has 2 aromatic heterocycles. The van der Waals surface area contributed by atoms with E-state index in [1.165, 1.54) is 0 Å². The molecule has 1 aliphatic carbocycles. The van der Waals surface area contributed by atoms with Crippen LogP contribution in [0.2, 0.25) is 0 Å². The molecule has 5 rings (SSSR count). The highest BCUT2D eigenvalue weighted by Gasteiger charge is 2.38. The van der Waals surface area contributed by atoms with Gasteiger partial charge in [0.15, 0.2) is 11.0 Å². The molecule has 1 aliphatic heterocycles. The number of benzene rings is 1. The molecule has 14 heteroatoms. The summed E-state index contributed by atoms with van der Waals surface area (Å²) in [6.07, 6.45) is -1.57. The molecule has 0 amide bonds. The summed E-state index contributed by atoms with van der Waals surface area (Å²) in [4.78, 5) is 35.5. The monoisotopic (exact) mass is 496 g/mol. The van der Waals surface area contributed by atoms with Gasteiger partial charge in [-0.2, -0.15) is 23.1 Å². The average molecular weight is 496 g/mol. The Hall–Kier alpha value is -3.29. The Labute approximate surface area is 194 Å². The van der Waals surface area contributed by atoms with E-state index in [1.54, 1.807) is 4.90 Å². The number of rotatable bonds is 4. The first-order valence-electron chi connectivity index (χ1n) is 10.7. The van der Waals surface area contributed by atoms with Gasteiger partial charge < -0.3 is 14.3 Å². The average Bonchev–Trinajstić information content (AvgIpc) is 3.20. The van der Waals surface area contributed by atoms with Crippen LogP contribution in [0.3, 0.4) is 0 Å². The second-order valence-corrected chi connectivity index (χ2v) is 9.35.